The molecule has 0 aliphatic rings. The molecule has 76 valence electrons. The van der Waals surface area contributed by atoms with Gasteiger partial charge in [0.25, 0.3) is 5.91 Å². The van der Waals surface area contributed by atoms with Gasteiger partial charge >= 0.3 is 10.3 Å². The van der Waals surface area contributed by atoms with Crippen molar-refractivity contribution in [3.05, 3.63) is 35.9 Å². The molecule has 0 aliphatic heterocycles. The fourth-order valence-corrected chi connectivity index (χ4v) is 1.13. The lowest BCUT2D eigenvalue weighted by atomic mass is 10.2. The van der Waals surface area contributed by atoms with Gasteiger partial charge in [0, 0.05) is 5.56 Å². The highest BCUT2D eigenvalue weighted by Crippen LogP contribution is 2.03. The van der Waals surface area contributed by atoms with Crippen molar-refractivity contribution in [2.75, 3.05) is 0 Å². The summed E-state index contributed by atoms with van der Waals surface area (Å²) in [6.45, 7) is 0. The summed E-state index contributed by atoms with van der Waals surface area (Å²) in [5.41, 5.74) is 0.0765. The van der Waals surface area contributed by atoms with Crippen molar-refractivity contribution in [3.63, 3.8) is 0 Å². The Morgan fingerprint density at radius 2 is 1.79 bits per heavy atom. The van der Waals surface area contributed by atoms with E-state index >= 15 is 0 Å². The quantitative estimate of drug-likeness (QED) is 0.309. The molecule has 0 spiro atoms. The number of carbonyl (C=O) groups excluding carboxylic acids is 1. The number of hydrazine groups is 1. The summed E-state index contributed by atoms with van der Waals surface area (Å²) in [5, 5.41) is 0. The molecule has 1 aromatic rings. The van der Waals surface area contributed by atoms with Gasteiger partial charge in [0.15, 0.2) is 0 Å². The van der Waals surface area contributed by atoms with Crippen LogP contribution in [-0.2, 0) is 10.3 Å². The van der Waals surface area contributed by atoms with E-state index in [1.54, 1.807) is 18.2 Å². The fraction of sp³-hybridized carbons (Fsp3) is 0. The third kappa shape index (κ3) is 2.28. The lowest BCUT2D eigenvalue weighted by molar-refractivity contribution is 0.0852. The zero-order chi connectivity index (χ0) is 10.8. The Morgan fingerprint density at radius 3 is 2.21 bits per heavy atom. The molecule has 0 heterocycles. The highest BCUT2D eigenvalue weighted by molar-refractivity contribution is 7.83. The molecular formula is C7H8N2O4S. The average molecular weight is 216 g/mol. The molecule has 0 saturated carbocycles. The van der Waals surface area contributed by atoms with Gasteiger partial charge in [-0.25, -0.2) is 5.84 Å². The van der Waals surface area contributed by atoms with E-state index in [9.17, 15) is 13.2 Å². The zero-order valence-corrected chi connectivity index (χ0v) is 7.81. The first-order valence-corrected chi connectivity index (χ1v) is 4.94. The van der Waals surface area contributed by atoms with Crippen LogP contribution in [0.3, 0.4) is 0 Å². The molecule has 0 atom stereocenters. The number of amides is 1. The second-order valence-electron chi connectivity index (χ2n) is 2.44. The van der Waals surface area contributed by atoms with Crippen LogP contribution in [0.1, 0.15) is 10.4 Å². The van der Waals surface area contributed by atoms with E-state index in [4.69, 9.17) is 10.4 Å². The number of hydrogen-bond donors (Lipinski definition) is 2. The number of nitrogens with two attached hydrogens (primary N) is 1. The first kappa shape index (κ1) is 10.6. The third-order valence-electron chi connectivity index (χ3n) is 1.47. The van der Waals surface area contributed by atoms with Gasteiger partial charge in [0.05, 0.1) is 0 Å². The summed E-state index contributed by atoms with van der Waals surface area (Å²) >= 11 is 0. The molecular weight excluding hydrogens is 208 g/mol. The van der Waals surface area contributed by atoms with E-state index in [0.29, 0.717) is 0 Å². The first-order valence-electron chi connectivity index (χ1n) is 3.55. The molecule has 0 unspecified atom stereocenters. The van der Waals surface area contributed by atoms with Gasteiger partial charge in [0.1, 0.15) is 0 Å². The predicted octanol–water partition coefficient (Wildman–Crippen LogP) is -0.195. The highest BCUT2D eigenvalue weighted by Gasteiger charge is 2.22. The van der Waals surface area contributed by atoms with Crippen LogP contribution < -0.4 is 5.84 Å². The van der Waals surface area contributed by atoms with Crippen molar-refractivity contribution < 1.29 is 17.8 Å². The predicted molar refractivity (Wildman–Crippen MR) is 48.3 cm³/mol. The van der Waals surface area contributed by atoms with Crippen molar-refractivity contribution in [1.82, 2.24) is 4.41 Å². The average Bonchev–Trinajstić information content (AvgIpc) is 2.15. The van der Waals surface area contributed by atoms with E-state index in [-0.39, 0.29) is 9.98 Å². The van der Waals surface area contributed by atoms with Crippen molar-refractivity contribution in [2.24, 2.45) is 5.84 Å². The van der Waals surface area contributed by atoms with Gasteiger partial charge in [0.2, 0.25) is 0 Å². The molecule has 7 heteroatoms. The zero-order valence-electron chi connectivity index (χ0n) is 6.99. The maximum Gasteiger partial charge on any atom is 0.376 e. The number of hydrogen-bond acceptors (Lipinski definition) is 4. The van der Waals surface area contributed by atoms with Gasteiger partial charge in [-0.15, -0.1) is 4.41 Å². The topological polar surface area (TPSA) is 101 Å². The Labute approximate surface area is 80.8 Å². The molecule has 0 fully saturated rings. The normalized spacial score (nSPS) is 11.0. The first-order chi connectivity index (χ1) is 6.43. The summed E-state index contributed by atoms with van der Waals surface area (Å²) in [7, 11) is -4.69. The van der Waals surface area contributed by atoms with Crippen LogP contribution in [0.4, 0.5) is 0 Å². The van der Waals surface area contributed by atoms with E-state index in [2.05, 4.69) is 0 Å². The Morgan fingerprint density at radius 1 is 1.29 bits per heavy atom. The molecule has 1 rings (SSSR count). The maximum atomic E-state index is 11.3. The minimum Gasteiger partial charge on any atom is -0.268 e. The van der Waals surface area contributed by atoms with Crippen LogP contribution in [0, 0.1) is 0 Å². The Hall–Kier alpha value is -1.44. The highest BCUT2D eigenvalue weighted by atomic mass is 32.2. The number of rotatable bonds is 2. The molecule has 6 nitrogen and oxygen atoms in total. The fourth-order valence-electron chi connectivity index (χ4n) is 0.813. The minimum absolute atomic E-state index is 0.0765. The lowest BCUT2D eigenvalue weighted by Crippen LogP contribution is -2.42. The van der Waals surface area contributed by atoms with E-state index < -0.39 is 16.2 Å². The number of nitrogens with zero attached hydrogens (tertiary/aromatic N) is 1. The number of carbonyl (C=O) groups is 1. The van der Waals surface area contributed by atoms with Crippen LogP contribution in [0.25, 0.3) is 0 Å². The molecule has 0 bridgehead atoms. The van der Waals surface area contributed by atoms with Crippen LogP contribution in [0.15, 0.2) is 30.3 Å². The summed E-state index contributed by atoms with van der Waals surface area (Å²) in [6.07, 6.45) is 0. The Bertz CT molecular complexity index is 428. The second kappa shape index (κ2) is 3.74. The van der Waals surface area contributed by atoms with Crippen molar-refractivity contribution in [3.8, 4) is 0 Å². The van der Waals surface area contributed by atoms with Crippen molar-refractivity contribution in [1.29, 1.82) is 0 Å². The SMILES string of the molecule is NN(C(=O)c1ccccc1)S(=O)(=O)O. The standard InChI is InChI=1S/C7H8N2O4S/c8-9(14(11,12)13)7(10)6-4-2-1-3-5-6/h1-5H,8H2,(H,11,12,13). The Balaban J connectivity index is 2.99. The van der Waals surface area contributed by atoms with Crippen LogP contribution in [0.2, 0.25) is 0 Å². The van der Waals surface area contributed by atoms with E-state index in [0.717, 1.165) is 0 Å². The number of benzene rings is 1. The molecule has 1 aromatic carbocycles. The van der Waals surface area contributed by atoms with Crippen molar-refractivity contribution >= 4 is 16.2 Å². The second-order valence-corrected chi connectivity index (χ2v) is 3.73. The van der Waals surface area contributed by atoms with Crippen LogP contribution in [-0.4, -0.2) is 23.3 Å². The van der Waals surface area contributed by atoms with Gasteiger partial charge in [-0.05, 0) is 12.1 Å². The monoisotopic (exact) mass is 216 g/mol. The summed E-state index contributed by atoms with van der Waals surface area (Å²) < 4.78 is 29.2. The molecule has 0 saturated heterocycles. The van der Waals surface area contributed by atoms with E-state index in [1.807, 2.05) is 0 Å². The maximum absolute atomic E-state index is 11.3. The Kier molecular flexibility index (Phi) is 2.84. The molecule has 0 radical (unpaired) electrons. The van der Waals surface area contributed by atoms with Gasteiger partial charge < -0.3 is 0 Å². The largest absolute Gasteiger partial charge is 0.376 e. The lowest BCUT2D eigenvalue weighted by Gasteiger charge is -2.11. The van der Waals surface area contributed by atoms with Crippen LogP contribution in [0.5, 0.6) is 0 Å². The van der Waals surface area contributed by atoms with Gasteiger partial charge in [-0.1, -0.05) is 18.2 Å². The molecule has 1 amide bonds. The smallest absolute Gasteiger partial charge is 0.268 e. The molecule has 0 aromatic heterocycles. The minimum atomic E-state index is -4.69. The molecule has 14 heavy (non-hydrogen) atoms. The van der Waals surface area contributed by atoms with Gasteiger partial charge in [-0.2, -0.15) is 8.42 Å². The summed E-state index contributed by atoms with van der Waals surface area (Å²) in [4.78, 5) is 11.3. The third-order valence-corrected chi connectivity index (χ3v) is 2.13. The van der Waals surface area contributed by atoms with Crippen LogP contribution >= 0.6 is 0 Å². The van der Waals surface area contributed by atoms with E-state index in [1.165, 1.54) is 12.1 Å². The summed E-state index contributed by atoms with van der Waals surface area (Å²) in [5.74, 6) is 3.88. The van der Waals surface area contributed by atoms with Gasteiger partial charge in [-0.3, -0.25) is 9.35 Å². The van der Waals surface area contributed by atoms with Crippen molar-refractivity contribution in [2.45, 2.75) is 0 Å². The molecule has 3 N–H and O–H groups in total. The molecule has 0 aliphatic carbocycles. The summed E-state index contributed by atoms with van der Waals surface area (Å²) in [6, 6.07) is 7.52.